The quantitative estimate of drug-likeness (QED) is 0.911. The van der Waals surface area contributed by atoms with Crippen LogP contribution in [0, 0.1) is 0 Å². The molecule has 1 aliphatic rings. The van der Waals surface area contributed by atoms with Crippen LogP contribution in [0.15, 0.2) is 48.5 Å². The second-order valence-electron chi connectivity index (χ2n) is 6.22. The van der Waals surface area contributed by atoms with Gasteiger partial charge in [0.2, 0.25) is 0 Å². The van der Waals surface area contributed by atoms with Gasteiger partial charge in [0, 0.05) is 38.8 Å². The van der Waals surface area contributed by atoms with Crippen LogP contribution in [0.4, 0.5) is 5.82 Å². The molecule has 0 aliphatic carbocycles. The molecule has 132 valence electrons. The molecule has 2 heterocycles. The van der Waals surface area contributed by atoms with Crippen LogP contribution in [0.3, 0.4) is 0 Å². The maximum atomic E-state index is 12.6. The third-order valence-corrected chi connectivity index (χ3v) is 4.71. The number of aromatic nitrogens is 1. The number of nitrogens with one attached hydrogen (secondary N) is 1. The normalized spacial score (nSPS) is 17.4. The third-order valence-electron chi connectivity index (χ3n) is 4.71. The highest BCUT2D eigenvalue weighted by atomic mass is 16.2. The van der Waals surface area contributed by atoms with Crippen LogP contribution in [0.5, 0.6) is 0 Å². The average Bonchev–Trinajstić information content (AvgIpc) is 2.70. The van der Waals surface area contributed by atoms with Gasteiger partial charge in [-0.2, -0.15) is 0 Å². The summed E-state index contributed by atoms with van der Waals surface area (Å²) in [5.74, 6) is 0.877. The van der Waals surface area contributed by atoms with Crippen molar-refractivity contribution in [1.82, 2.24) is 15.2 Å². The van der Waals surface area contributed by atoms with Gasteiger partial charge in [0.15, 0.2) is 0 Å². The van der Waals surface area contributed by atoms with Gasteiger partial charge in [-0.05, 0) is 31.5 Å². The maximum absolute atomic E-state index is 12.6. The Labute approximate surface area is 149 Å². The average molecular weight is 338 g/mol. The van der Waals surface area contributed by atoms with Gasteiger partial charge in [0.25, 0.3) is 5.91 Å². The van der Waals surface area contributed by atoms with Crippen molar-refractivity contribution in [2.45, 2.75) is 19.9 Å². The predicted octanol–water partition coefficient (Wildman–Crippen LogP) is 2.71. The fourth-order valence-corrected chi connectivity index (χ4v) is 3.26. The van der Waals surface area contributed by atoms with Crippen molar-refractivity contribution >= 4 is 11.7 Å². The zero-order chi connectivity index (χ0) is 17.6. The molecule has 0 bridgehead atoms. The maximum Gasteiger partial charge on any atom is 0.272 e. The number of carbonyl (C=O) groups is 1. The molecule has 0 radical (unpaired) electrons. The first-order valence-corrected chi connectivity index (χ1v) is 9.02. The fourth-order valence-electron chi connectivity index (χ4n) is 3.26. The van der Waals surface area contributed by atoms with E-state index in [4.69, 9.17) is 0 Å². The van der Waals surface area contributed by atoms with E-state index in [0.717, 1.165) is 25.5 Å². The van der Waals surface area contributed by atoms with E-state index in [0.29, 0.717) is 18.8 Å². The zero-order valence-corrected chi connectivity index (χ0v) is 15.0. The van der Waals surface area contributed by atoms with E-state index in [2.05, 4.69) is 39.5 Å². The van der Waals surface area contributed by atoms with Gasteiger partial charge >= 0.3 is 0 Å². The number of piperazine rings is 1. The van der Waals surface area contributed by atoms with Crippen molar-refractivity contribution in [1.29, 1.82) is 0 Å². The molecule has 5 nitrogen and oxygen atoms in total. The Kier molecular flexibility index (Phi) is 5.66. The van der Waals surface area contributed by atoms with E-state index in [9.17, 15) is 4.79 Å². The number of anilines is 1. The van der Waals surface area contributed by atoms with Crippen LogP contribution in [0.1, 0.15) is 35.9 Å². The van der Waals surface area contributed by atoms with E-state index in [1.807, 2.05) is 32.0 Å². The van der Waals surface area contributed by atoms with Crippen LogP contribution in [0.2, 0.25) is 0 Å². The van der Waals surface area contributed by atoms with Gasteiger partial charge in [-0.15, -0.1) is 0 Å². The lowest BCUT2D eigenvalue weighted by Gasteiger charge is -2.35. The lowest BCUT2D eigenvalue weighted by molar-refractivity contribution is 0.0767. The molecule has 3 rings (SSSR count). The largest absolute Gasteiger partial charge is 0.353 e. The van der Waals surface area contributed by atoms with Crippen molar-refractivity contribution in [2.75, 3.05) is 37.6 Å². The minimum atomic E-state index is 0.00148. The first-order valence-electron chi connectivity index (χ1n) is 9.02. The SMILES string of the molecule is CCN(CC)C(=O)c1cccc(N2CCN[C@H](c3ccccc3)C2)n1. The highest BCUT2D eigenvalue weighted by molar-refractivity contribution is 5.92. The lowest BCUT2D eigenvalue weighted by atomic mass is 10.0. The molecule has 2 aromatic rings. The number of pyridine rings is 1. The van der Waals surface area contributed by atoms with Crippen LogP contribution < -0.4 is 10.2 Å². The number of amides is 1. The lowest BCUT2D eigenvalue weighted by Crippen LogP contribution is -2.46. The number of rotatable bonds is 5. The smallest absolute Gasteiger partial charge is 0.272 e. The summed E-state index contributed by atoms with van der Waals surface area (Å²) in [6, 6.07) is 16.5. The zero-order valence-electron chi connectivity index (χ0n) is 15.0. The number of carbonyl (C=O) groups excluding carboxylic acids is 1. The molecule has 1 aromatic carbocycles. The molecular formula is C20H26N4O. The first kappa shape index (κ1) is 17.4. The van der Waals surface area contributed by atoms with Crippen molar-refractivity contribution in [3.63, 3.8) is 0 Å². The molecule has 5 heteroatoms. The predicted molar refractivity (Wildman–Crippen MR) is 101 cm³/mol. The van der Waals surface area contributed by atoms with Crippen molar-refractivity contribution in [3.8, 4) is 0 Å². The molecule has 1 saturated heterocycles. The van der Waals surface area contributed by atoms with Gasteiger partial charge in [-0.1, -0.05) is 36.4 Å². The number of hydrogen-bond acceptors (Lipinski definition) is 4. The molecule has 25 heavy (non-hydrogen) atoms. The summed E-state index contributed by atoms with van der Waals surface area (Å²) in [6.45, 7) is 8.02. The molecule has 1 fully saturated rings. The Morgan fingerprint density at radius 3 is 2.64 bits per heavy atom. The topological polar surface area (TPSA) is 48.5 Å². The number of hydrogen-bond donors (Lipinski definition) is 1. The van der Waals surface area contributed by atoms with Gasteiger partial charge in [0.1, 0.15) is 11.5 Å². The Morgan fingerprint density at radius 1 is 1.16 bits per heavy atom. The Bertz CT molecular complexity index is 700. The molecular weight excluding hydrogens is 312 g/mol. The molecule has 0 saturated carbocycles. The van der Waals surface area contributed by atoms with E-state index in [1.54, 1.807) is 11.0 Å². The van der Waals surface area contributed by atoms with Crippen LogP contribution >= 0.6 is 0 Å². The molecule has 1 atom stereocenters. The minimum Gasteiger partial charge on any atom is -0.353 e. The van der Waals surface area contributed by atoms with E-state index < -0.39 is 0 Å². The van der Waals surface area contributed by atoms with Crippen LogP contribution in [0.25, 0.3) is 0 Å². The highest BCUT2D eigenvalue weighted by Crippen LogP contribution is 2.21. The molecule has 1 aliphatic heterocycles. The molecule has 1 aromatic heterocycles. The Balaban J connectivity index is 1.77. The summed E-state index contributed by atoms with van der Waals surface area (Å²) in [7, 11) is 0. The summed E-state index contributed by atoms with van der Waals surface area (Å²) in [5.41, 5.74) is 1.80. The highest BCUT2D eigenvalue weighted by Gasteiger charge is 2.22. The van der Waals surface area contributed by atoms with Crippen LogP contribution in [-0.2, 0) is 0 Å². The second-order valence-corrected chi connectivity index (χ2v) is 6.22. The van der Waals surface area contributed by atoms with Gasteiger partial charge in [-0.3, -0.25) is 4.79 Å². The standard InChI is InChI=1S/C20H26N4O/c1-3-23(4-2)20(25)17-11-8-12-19(22-17)24-14-13-21-18(15-24)16-9-6-5-7-10-16/h5-12,18,21H,3-4,13-15H2,1-2H3/t18-/m0/s1. The molecule has 1 amide bonds. The number of nitrogens with zero attached hydrogens (tertiary/aromatic N) is 3. The first-order chi connectivity index (χ1) is 12.2. The van der Waals surface area contributed by atoms with Crippen molar-refractivity contribution in [3.05, 3.63) is 59.8 Å². The Hall–Kier alpha value is -2.40. The van der Waals surface area contributed by atoms with Crippen LogP contribution in [-0.4, -0.2) is 48.5 Å². The summed E-state index contributed by atoms with van der Waals surface area (Å²) >= 11 is 0. The molecule has 1 N–H and O–H groups in total. The third kappa shape index (κ3) is 3.99. The van der Waals surface area contributed by atoms with E-state index >= 15 is 0 Å². The minimum absolute atomic E-state index is 0.00148. The molecule has 0 spiro atoms. The van der Waals surface area contributed by atoms with Gasteiger partial charge < -0.3 is 15.1 Å². The van der Waals surface area contributed by atoms with Crippen molar-refractivity contribution in [2.24, 2.45) is 0 Å². The summed E-state index contributed by atoms with van der Waals surface area (Å²) in [6.07, 6.45) is 0. The van der Waals surface area contributed by atoms with E-state index in [-0.39, 0.29) is 11.9 Å². The monoisotopic (exact) mass is 338 g/mol. The van der Waals surface area contributed by atoms with Crippen molar-refractivity contribution < 1.29 is 4.79 Å². The fraction of sp³-hybridized carbons (Fsp3) is 0.400. The van der Waals surface area contributed by atoms with Gasteiger partial charge in [0.05, 0.1) is 0 Å². The summed E-state index contributed by atoms with van der Waals surface area (Å²) in [5, 5.41) is 3.56. The number of benzene rings is 1. The van der Waals surface area contributed by atoms with Gasteiger partial charge in [-0.25, -0.2) is 4.98 Å². The molecule has 0 unspecified atom stereocenters. The second kappa shape index (κ2) is 8.12. The Morgan fingerprint density at radius 2 is 1.92 bits per heavy atom. The van der Waals surface area contributed by atoms with E-state index in [1.165, 1.54) is 5.56 Å². The summed E-state index contributed by atoms with van der Waals surface area (Å²) < 4.78 is 0. The summed E-state index contributed by atoms with van der Waals surface area (Å²) in [4.78, 5) is 21.3.